The van der Waals surface area contributed by atoms with Gasteiger partial charge in [0.05, 0.1) is 0 Å². The zero-order valence-corrected chi connectivity index (χ0v) is 39.2. The summed E-state index contributed by atoms with van der Waals surface area (Å²) in [6.45, 7) is -5.98. The molecule has 64 heavy (non-hydrogen) atoms. The van der Waals surface area contributed by atoms with Crippen LogP contribution in [0.5, 0.6) is 0 Å². The maximum absolute atomic E-state index is 13.3. The normalized spacial score (nSPS) is 15.9. The molecule has 52 heteroatoms. The minimum Gasteiger partial charge on any atom is -0.329 e. The first-order valence-electron chi connectivity index (χ1n) is 13.9. The molecule has 0 heterocycles. The Morgan fingerprint density at radius 2 is 0.562 bits per heavy atom. The highest BCUT2D eigenvalue weighted by Crippen LogP contribution is 2.55. The van der Waals surface area contributed by atoms with E-state index in [1.807, 2.05) is 0 Å². The molecule has 0 aromatic rings. The monoisotopic (exact) mass is 1190 g/mol. The van der Waals surface area contributed by atoms with Crippen molar-refractivity contribution in [3.05, 3.63) is 0 Å². The number of hydrogen-bond donors (Lipinski definition) is 15. The molecule has 0 saturated heterocycles. The summed E-state index contributed by atoms with van der Waals surface area (Å²) in [7, 11) is -102. The van der Waals surface area contributed by atoms with E-state index in [2.05, 4.69) is 0 Å². The molecular formula is C12H30N4O36S12. The fraction of sp³-hybridized carbons (Fsp3) is 1.00. The Bertz CT molecular complexity index is 2800. The first-order chi connectivity index (χ1) is 27.4. The lowest BCUT2D eigenvalue weighted by Crippen LogP contribution is -2.93. The molecule has 0 amide bonds. The van der Waals surface area contributed by atoms with Crippen LogP contribution in [0.4, 0.5) is 0 Å². The number of nitrogens with zero attached hydrogens (tertiary/aromatic N) is 1. The molecule has 0 bridgehead atoms. The molecule has 0 atom stereocenters. The van der Waals surface area contributed by atoms with Crippen LogP contribution in [0, 0.1) is 0 Å². The molecule has 0 spiro atoms. The van der Waals surface area contributed by atoms with Gasteiger partial charge in [0.2, 0.25) is 18.3 Å². The topological polar surface area (TPSA) is 706 Å². The Morgan fingerprint density at radius 1 is 0.344 bits per heavy atom. The molecule has 0 unspecified atom stereocenters. The van der Waals surface area contributed by atoms with Crippen LogP contribution in [0.25, 0.3) is 0 Å². The van der Waals surface area contributed by atoms with Gasteiger partial charge < -0.3 is 16.4 Å². The number of rotatable bonds is 26. The summed E-state index contributed by atoms with van der Waals surface area (Å²) < 4.78 is 399. The first-order valence-corrected chi connectivity index (χ1v) is 31.9. The summed E-state index contributed by atoms with van der Waals surface area (Å²) in [4.78, 5) is -3.55. The molecule has 0 aliphatic rings. The zero-order valence-electron chi connectivity index (χ0n) is 29.4. The Kier molecular flexibility index (Phi) is 18.6. The molecule has 0 radical (unpaired) electrons. The lowest BCUT2D eigenvalue weighted by molar-refractivity contribution is 0.0183. The highest BCUT2D eigenvalue weighted by Gasteiger charge is 2.88. The van der Waals surface area contributed by atoms with Gasteiger partial charge >= 0.3 is 0 Å². The van der Waals surface area contributed by atoms with Gasteiger partial charge in [-0.1, -0.05) is 0 Å². The minimum absolute atomic E-state index is 0.295. The second-order valence-corrected chi connectivity index (χ2v) is 31.4. The van der Waals surface area contributed by atoms with Crippen LogP contribution in [0.3, 0.4) is 0 Å². The van der Waals surface area contributed by atoms with Crippen LogP contribution in [0.2, 0.25) is 0 Å². The SMILES string of the molecule is NCCNCCNC(C(S(=O)(=O)O)S(=O)(=O)O)(C(S(=O)(=O)O)S(=O)(=O)O)C(C(S(=O)(=O)O)S(=O)(=O)O)(C(S(=O)(=O)O)S(=O)(=O)O)N(C(S(=O)(=O)O)S(=O)(=O)O)C(S(=O)(=O)O)S(=O)(=O)O. The molecule has 0 aliphatic carbocycles. The van der Waals surface area contributed by atoms with Gasteiger partial charge in [0, 0.05) is 26.2 Å². The highest BCUT2D eigenvalue weighted by atomic mass is 32.3. The standard InChI is InChI=1S/C12H30N4O36S12/c13-1-2-14-3-4-15-11(5(53(17,18)19)54(20,21)22,6(55(23,24)25)56(26,27)28)12(7(57(29,30)31)58(32,33)34,8(59(35,36)37)60(38,39)40)16(9(61(41,42)43)62(44,45)46)10(63(47,48)49)64(50,51)52/h5-10,14-15H,1-4,13H2,(H,17,18,19)(H,20,21,22)(H,23,24,25)(H,26,27,28)(H,29,30,31)(H,32,33,34)(H,35,36,37)(H,38,39,40)(H,41,42,43)(H,44,45,46)(H,47,48,49)(H,50,51,52). The van der Waals surface area contributed by atoms with Crippen molar-refractivity contribution in [2.45, 2.75) is 38.8 Å². The predicted molar refractivity (Wildman–Crippen MR) is 199 cm³/mol. The van der Waals surface area contributed by atoms with Gasteiger partial charge in [0.25, 0.3) is 131 Å². The van der Waals surface area contributed by atoms with Crippen molar-refractivity contribution in [3.63, 3.8) is 0 Å². The summed E-state index contributed by atoms with van der Waals surface area (Å²) in [6, 6.07) is 0. The van der Waals surface area contributed by atoms with Crippen LogP contribution in [-0.4, -0.2) is 226 Å². The maximum atomic E-state index is 13.3. The molecule has 0 rings (SSSR count). The summed E-state index contributed by atoms with van der Waals surface area (Å²) in [6.07, 6.45) is 0. The fourth-order valence-electron chi connectivity index (χ4n) is 6.13. The van der Waals surface area contributed by atoms with E-state index in [1.165, 1.54) is 0 Å². The largest absolute Gasteiger partial charge is 0.329 e. The Labute approximate surface area is 360 Å². The third kappa shape index (κ3) is 13.7. The highest BCUT2D eigenvalue weighted by molar-refractivity contribution is 8.08. The average molecular weight is 1190 g/mol. The van der Waals surface area contributed by atoms with E-state index in [1.54, 1.807) is 5.32 Å². The van der Waals surface area contributed by atoms with E-state index in [-0.39, 0.29) is 0 Å². The van der Waals surface area contributed by atoms with Crippen LogP contribution < -0.4 is 16.4 Å². The molecule has 0 saturated carbocycles. The van der Waals surface area contributed by atoms with Crippen molar-refractivity contribution in [3.8, 4) is 0 Å². The van der Waals surface area contributed by atoms with Crippen LogP contribution >= 0.6 is 0 Å². The molecule has 0 aromatic heterocycles. The fourth-order valence-corrected chi connectivity index (χ4v) is 24.0. The predicted octanol–water partition coefficient (Wildman–Crippen LogP) is -10.6. The molecule has 386 valence electrons. The van der Waals surface area contributed by atoms with Crippen molar-refractivity contribution in [2.75, 3.05) is 26.2 Å². The van der Waals surface area contributed by atoms with Crippen molar-refractivity contribution in [1.82, 2.24) is 15.5 Å². The molecule has 40 nitrogen and oxygen atoms in total. The Morgan fingerprint density at radius 3 is 0.734 bits per heavy atom. The molecule has 0 fully saturated rings. The van der Waals surface area contributed by atoms with E-state index in [0.29, 0.717) is 5.32 Å². The van der Waals surface area contributed by atoms with Crippen molar-refractivity contribution in [1.29, 1.82) is 0 Å². The lowest BCUT2D eigenvalue weighted by Gasteiger charge is -2.61. The molecule has 16 N–H and O–H groups in total. The molecule has 0 aromatic carbocycles. The molecular weight excluding hydrogens is 1160 g/mol. The third-order valence-corrected chi connectivity index (χ3v) is 26.2. The van der Waals surface area contributed by atoms with Crippen molar-refractivity contribution < 1.29 is 156 Å². The zero-order chi connectivity index (χ0) is 52.3. The van der Waals surface area contributed by atoms with Crippen molar-refractivity contribution >= 4 is 121 Å². The molecule has 0 aliphatic heterocycles. The third-order valence-electron chi connectivity index (χ3n) is 7.23. The van der Waals surface area contributed by atoms with E-state index in [9.17, 15) is 156 Å². The van der Waals surface area contributed by atoms with Crippen molar-refractivity contribution in [2.24, 2.45) is 5.73 Å². The summed E-state index contributed by atoms with van der Waals surface area (Å²) >= 11 is 0. The second kappa shape index (κ2) is 18.9. The second-order valence-electron chi connectivity index (χ2n) is 11.7. The first kappa shape index (κ1) is 62.8. The average Bonchev–Trinajstić information content (AvgIpc) is 2.86. The van der Waals surface area contributed by atoms with Gasteiger partial charge in [-0.2, -0.15) is 101 Å². The van der Waals surface area contributed by atoms with Gasteiger partial charge in [-0.3, -0.25) is 54.6 Å². The number of nitrogens with two attached hydrogens (primary N) is 1. The van der Waals surface area contributed by atoms with E-state index >= 15 is 0 Å². The van der Waals surface area contributed by atoms with Crippen LogP contribution in [-0.2, 0) is 121 Å². The summed E-state index contributed by atoms with van der Waals surface area (Å²) in [5.74, 6) is 0. The smallest absolute Gasteiger partial charge is 0.298 e. The lowest BCUT2D eigenvalue weighted by atomic mass is 9.79. The maximum Gasteiger partial charge on any atom is 0.298 e. The summed E-state index contributed by atoms with van der Waals surface area (Å²) in [5.41, 5.74) is -10.7. The van der Waals surface area contributed by atoms with E-state index in [0.717, 1.165) is 0 Å². The Balaban J connectivity index is 12.9. The van der Waals surface area contributed by atoms with Gasteiger partial charge in [0.1, 0.15) is 11.1 Å². The van der Waals surface area contributed by atoms with E-state index in [4.69, 9.17) is 5.73 Å². The quantitative estimate of drug-likeness (QED) is 0.0282. The van der Waals surface area contributed by atoms with E-state index < -0.39 is 191 Å². The van der Waals surface area contributed by atoms with Gasteiger partial charge in [0.15, 0.2) is 0 Å². The Hall–Kier alpha value is -1.24. The number of nitrogens with one attached hydrogen (secondary N) is 2. The van der Waals surface area contributed by atoms with Crippen LogP contribution in [0.15, 0.2) is 0 Å². The number of hydrogen-bond acceptors (Lipinski definition) is 28. The van der Waals surface area contributed by atoms with Crippen LogP contribution in [0.1, 0.15) is 0 Å². The van der Waals surface area contributed by atoms with Gasteiger partial charge in [-0.05, 0) is 0 Å². The van der Waals surface area contributed by atoms with Gasteiger partial charge in [-0.25, -0.2) is 4.90 Å². The summed E-state index contributed by atoms with van der Waals surface area (Å²) in [5, 5.41) is 2.08. The minimum atomic E-state index is -8.73. The van der Waals surface area contributed by atoms with Gasteiger partial charge in [-0.15, -0.1) is 0 Å².